The minimum atomic E-state index is -0.388. The molecule has 5 nitrogen and oxygen atoms in total. The molecule has 2 N–H and O–H groups in total. The standard InChI is InChI=1S/C20H24ClFN4O/c1-23-20(24-13-15-6-7-18(22)16(12-15)14-27)26-10-8-25(9-11-26)19-5-3-2-4-17(19)21/h2-7,12,27H,8-11,13-14H2,1H3,(H,23,24). The molecule has 3 rings (SSSR count). The number of benzene rings is 2. The zero-order chi connectivity index (χ0) is 19.2. The smallest absolute Gasteiger partial charge is 0.194 e. The van der Waals surface area contributed by atoms with E-state index in [9.17, 15) is 9.50 Å². The molecule has 1 aliphatic rings. The minimum Gasteiger partial charge on any atom is -0.392 e. The Morgan fingerprint density at radius 3 is 2.59 bits per heavy atom. The van der Waals surface area contributed by atoms with Crippen LogP contribution in [0.5, 0.6) is 0 Å². The van der Waals surface area contributed by atoms with Gasteiger partial charge >= 0.3 is 0 Å². The van der Waals surface area contributed by atoms with Gasteiger partial charge in [0.1, 0.15) is 5.82 Å². The molecular formula is C20H24ClFN4O. The third kappa shape index (κ3) is 4.70. The number of para-hydroxylation sites is 1. The first-order valence-electron chi connectivity index (χ1n) is 8.95. The topological polar surface area (TPSA) is 51.1 Å². The number of anilines is 1. The quantitative estimate of drug-likeness (QED) is 0.622. The van der Waals surface area contributed by atoms with Crippen molar-refractivity contribution in [3.8, 4) is 0 Å². The van der Waals surface area contributed by atoms with E-state index in [1.807, 2.05) is 24.3 Å². The zero-order valence-corrected chi connectivity index (χ0v) is 16.1. The van der Waals surface area contributed by atoms with E-state index in [4.69, 9.17) is 11.6 Å². The summed E-state index contributed by atoms with van der Waals surface area (Å²) in [6.07, 6.45) is 0. The number of aliphatic hydroxyl groups is 1. The van der Waals surface area contributed by atoms with Gasteiger partial charge in [0.15, 0.2) is 5.96 Å². The van der Waals surface area contributed by atoms with E-state index in [1.165, 1.54) is 6.07 Å². The molecule has 0 amide bonds. The largest absolute Gasteiger partial charge is 0.392 e. The van der Waals surface area contributed by atoms with Crippen molar-refractivity contribution >= 4 is 23.2 Å². The Morgan fingerprint density at radius 1 is 1.19 bits per heavy atom. The first-order chi connectivity index (χ1) is 13.1. The van der Waals surface area contributed by atoms with Crippen molar-refractivity contribution in [2.75, 3.05) is 38.1 Å². The fourth-order valence-electron chi connectivity index (χ4n) is 3.24. The Morgan fingerprint density at radius 2 is 1.93 bits per heavy atom. The van der Waals surface area contributed by atoms with E-state index in [0.717, 1.165) is 48.4 Å². The number of piperazine rings is 1. The monoisotopic (exact) mass is 390 g/mol. The van der Waals surface area contributed by atoms with Crippen LogP contribution in [0.3, 0.4) is 0 Å². The van der Waals surface area contributed by atoms with Gasteiger partial charge in [-0.3, -0.25) is 4.99 Å². The van der Waals surface area contributed by atoms with Gasteiger partial charge in [0.25, 0.3) is 0 Å². The number of hydrogen-bond donors (Lipinski definition) is 2. The van der Waals surface area contributed by atoms with Crippen molar-refractivity contribution in [2.45, 2.75) is 13.2 Å². The predicted molar refractivity (Wildman–Crippen MR) is 108 cm³/mol. The van der Waals surface area contributed by atoms with Crippen LogP contribution in [0.4, 0.5) is 10.1 Å². The lowest BCUT2D eigenvalue weighted by molar-refractivity contribution is 0.275. The lowest BCUT2D eigenvalue weighted by atomic mass is 10.1. The van der Waals surface area contributed by atoms with Crippen LogP contribution in [0.1, 0.15) is 11.1 Å². The van der Waals surface area contributed by atoms with Crippen LogP contribution in [0.25, 0.3) is 0 Å². The van der Waals surface area contributed by atoms with Crippen LogP contribution in [0.2, 0.25) is 5.02 Å². The number of rotatable bonds is 4. The molecule has 0 aliphatic carbocycles. The van der Waals surface area contributed by atoms with E-state index >= 15 is 0 Å². The van der Waals surface area contributed by atoms with Gasteiger partial charge in [-0.15, -0.1) is 0 Å². The van der Waals surface area contributed by atoms with E-state index in [0.29, 0.717) is 12.1 Å². The van der Waals surface area contributed by atoms with Crippen molar-refractivity contribution in [1.82, 2.24) is 10.2 Å². The van der Waals surface area contributed by atoms with E-state index in [-0.39, 0.29) is 12.4 Å². The number of halogens is 2. The number of hydrogen-bond acceptors (Lipinski definition) is 3. The second kappa shape index (κ2) is 9.06. The summed E-state index contributed by atoms with van der Waals surface area (Å²) in [7, 11) is 1.76. The molecule has 1 saturated heterocycles. The summed E-state index contributed by atoms with van der Waals surface area (Å²) in [6.45, 7) is 3.58. The van der Waals surface area contributed by atoms with Crippen molar-refractivity contribution in [3.05, 3.63) is 64.4 Å². The molecule has 1 fully saturated rings. The highest BCUT2D eigenvalue weighted by Crippen LogP contribution is 2.26. The van der Waals surface area contributed by atoms with Crippen LogP contribution < -0.4 is 10.2 Å². The SMILES string of the molecule is CN=C(NCc1ccc(F)c(CO)c1)N1CCN(c2ccccc2Cl)CC1. The van der Waals surface area contributed by atoms with Gasteiger partial charge in [-0.05, 0) is 29.8 Å². The first-order valence-corrected chi connectivity index (χ1v) is 9.33. The molecule has 7 heteroatoms. The summed E-state index contributed by atoms with van der Waals surface area (Å²) < 4.78 is 13.5. The second-order valence-corrected chi connectivity index (χ2v) is 6.82. The van der Waals surface area contributed by atoms with E-state index < -0.39 is 0 Å². The Bertz CT molecular complexity index is 806. The normalized spacial score (nSPS) is 15.2. The summed E-state index contributed by atoms with van der Waals surface area (Å²) in [5.41, 5.74) is 2.26. The highest BCUT2D eigenvalue weighted by Gasteiger charge is 2.21. The van der Waals surface area contributed by atoms with E-state index in [1.54, 1.807) is 19.2 Å². The maximum Gasteiger partial charge on any atom is 0.194 e. The molecule has 0 spiro atoms. The van der Waals surface area contributed by atoms with Gasteiger partial charge in [0.05, 0.1) is 17.3 Å². The lowest BCUT2D eigenvalue weighted by Crippen LogP contribution is -2.52. The summed E-state index contributed by atoms with van der Waals surface area (Å²) in [5.74, 6) is 0.421. The third-order valence-electron chi connectivity index (χ3n) is 4.72. The number of nitrogens with one attached hydrogen (secondary N) is 1. The van der Waals surface area contributed by atoms with Crippen LogP contribution in [0, 0.1) is 5.82 Å². The second-order valence-electron chi connectivity index (χ2n) is 6.41. The molecule has 2 aromatic carbocycles. The molecule has 0 atom stereocenters. The van der Waals surface area contributed by atoms with Crippen LogP contribution >= 0.6 is 11.6 Å². The molecular weight excluding hydrogens is 367 g/mol. The van der Waals surface area contributed by atoms with Gasteiger partial charge < -0.3 is 20.2 Å². The first kappa shape index (κ1) is 19.5. The maximum absolute atomic E-state index is 13.5. The van der Waals surface area contributed by atoms with Crippen molar-refractivity contribution in [3.63, 3.8) is 0 Å². The molecule has 1 heterocycles. The van der Waals surface area contributed by atoms with Gasteiger partial charge in [-0.1, -0.05) is 29.8 Å². The fraction of sp³-hybridized carbons (Fsp3) is 0.350. The number of aliphatic imine (C=N–C) groups is 1. The Labute approximate surface area is 164 Å². The summed E-state index contributed by atoms with van der Waals surface area (Å²) in [5, 5.41) is 13.3. The van der Waals surface area contributed by atoms with Crippen LogP contribution in [-0.2, 0) is 13.2 Å². The Hall–Kier alpha value is -2.31. The number of nitrogens with zero attached hydrogens (tertiary/aromatic N) is 3. The van der Waals surface area contributed by atoms with Crippen molar-refractivity contribution in [2.24, 2.45) is 4.99 Å². The summed E-state index contributed by atoms with van der Waals surface area (Å²) in [6, 6.07) is 12.6. The average molecular weight is 391 g/mol. The van der Waals surface area contributed by atoms with Gasteiger partial charge in [-0.25, -0.2) is 4.39 Å². The molecule has 2 aromatic rings. The fourth-order valence-corrected chi connectivity index (χ4v) is 3.50. The summed E-state index contributed by atoms with van der Waals surface area (Å²) >= 11 is 6.30. The highest BCUT2D eigenvalue weighted by atomic mass is 35.5. The molecule has 0 unspecified atom stereocenters. The zero-order valence-electron chi connectivity index (χ0n) is 15.3. The highest BCUT2D eigenvalue weighted by molar-refractivity contribution is 6.33. The van der Waals surface area contributed by atoms with Crippen LogP contribution in [0.15, 0.2) is 47.5 Å². The number of aliphatic hydroxyl groups excluding tert-OH is 1. The van der Waals surface area contributed by atoms with Crippen molar-refractivity contribution in [1.29, 1.82) is 0 Å². The lowest BCUT2D eigenvalue weighted by Gasteiger charge is -2.38. The third-order valence-corrected chi connectivity index (χ3v) is 5.03. The number of guanidine groups is 1. The predicted octanol–water partition coefficient (Wildman–Crippen LogP) is 2.87. The molecule has 0 radical (unpaired) electrons. The Balaban J connectivity index is 1.57. The van der Waals surface area contributed by atoms with Gasteiger partial charge in [0.2, 0.25) is 0 Å². The van der Waals surface area contributed by atoms with E-state index in [2.05, 4.69) is 20.1 Å². The molecule has 1 aliphatic heterocycles. The minimum absolute atomic E-state index is 0.303. The maximum atomic E-state index is 13.5. The van der Waals surface area contributed by atoms with Gasteiger partial charge in [-0.2, -0.15) is 0 Å². The average Bonchev–Trinajstić information content (AvgIpc) is 2.70. The summed E-state index contributed by atoms with van der Waals surface area (Å²) in [4.78, 5) is 8.84. The molecule has 27 heavy (non-hydrogen) atoms. The van der Waals surface area contributed by atoms with Crippen LogP contribution in [-0.4, -0.2) is 49.2 Å². The van der Waals surface area contributed by atoms with Crippen molar-refractivity contribution < 1.29 is 9.50 Å². The molecule has 0 saturated carbocycles. The molecule has 0 aromatic heterocycles. The molecule has 144 valence electrons. The molecule has 0 bridgehead atoms. The van der Waals surface area contributed by atoms with Gasteiger partial charge in [0, 0.05) is 45.3 Å². The Kier molecular flexibility index (Phi) is 6.53.